The highest BCUT2D eigenvalue weighted by atomic mass is 35.5. The summed E-state index contributed by atoms with van der Waals surface area (Å²) < 4.78 is 10.8. The van der Waals surface area contributed by atoms with Gasteiger partial charge in [-0.05, 0) is 60.6 Å². The Balaban J connectivity index is 0.00000385. The molecule has 0 aliphatic carbocycles. The molecule has 8 heteroatoms. The van der Waals surface area contributed by atoms with Crippen molar-refractivity contribution in [1.82, 2.24) is 10.6 Å². The van der Waals surface area contributed by atoms with Crippen LogP contribution in [0.15, 0.2) is 36.4 Å². The zero-order valence-electron chi connectivity index (χ0n) is 19.7. The van der Waals surface area contributed by atoms with Crippen molar-refractivity contribution in [2.24, 2.45) is 5.41 Å². The summed E-state index contributed by atoms with van der Waals surface area (Å²) in [5.41, 5.74) is 1.86. The predicted octanol–water partition coefficient (Wildman–Crippen LogP) is 3.96. The van der Waals surface area contributed by atoms with E-state index in [9.17, 15) is 15.0 Å². The van der Waals surface area contributed by atoms with Crippen LogP contribution in [0.4, 0.5) is 0 Å². The Morgan fingerprint density at radius 3 is 2.58 bits per heavy atom. The highest BCUT2D eigenvalue weighted by Gasteiger charge is 2.19. The van der Waals surface area contributed by atoms with E-state index in [1.807, 2.05) is 39.0 Å². The largest absolute Gasteiger partial charge is 0.507 e. The highest BCUT2D eigenvalue weighted by Crippen LogP contribution is 2.32. The molecule has 7 nitrogen and oxygen atoms in total. The first-order valence-electron chi connectivity index (χ1n) is 11.0. The van der Waals surface area contributed by atoms with E-state index in [4.69, 9.17) is 9.47 Å². The van der Waals surface area contributed by atoms with Crippen LogP contribution in [-0.2, 0) is 6.42 Å². The van der Waals surface area contributed by atoms with Gasteiger partial charge in [-0.2, -0.15) is 0 Å². The molecule has 0 bridgehead atoms. The number of aliphatic hydroxyl groups is 1. The standard InChI is InChI=1S/C25H34N2O5.ClH/c1-16(5-6-17-7-10-22-23(11-17)32-15-31-22)26-13-21(29)18-8-9-20(28)19(12-18)24(30)27-14-25(2,3)4;/h7-12,16,21,26,28-29H,5-6,13-15H2,1-4H3,(H,27,30);1H. The summed E-state index contributed by atoms with van der Waals surface area (Å²) >= 11 is 0. The third-order valence-electron chi connectivity index (χ3n) is 5.39. The number of amides is 1. The van der Waals surface area contributed by atoms with Crippen molar-refractivity contribution < 1.29 is 24.5 Å². The van der Waals surface area contributed by atoms with E-state index < -0.39 is 6.10 Å². The maximum Gasteiger partial charge on any atom is 0.255 e. The topological polar surface area (TPSA) is 100 Å². The minimum absolute atomic E-state index is 0. The van der Waals surface area contributed by atoms with Crippen molar-refractivity contribution in [3.63, 3.8) is 0 Å². The normalized spacial score (nSPS) is 14.3. The van der Waals surface area contributed by atoms with Gasteiger partial charge < -0.3 is 30.3 Å². The summed E-state index contributed by atoms with van der Waals surface area (Å²) in [5, 5.41) is 26.9. The molecule has 1 amide bonds. The molecule has 0 radical (unpaired) electrons. The summed E-state index contributed by atoms with van der Waals surface area (Å²) in [6, 6.07) is 10.8. The van der Waals surface area contributed by atoms with E-state index in [2.05, 4.69) is 17.6 Å². The maximum atomic E-state index is 12.5. The Morgan fingerprint density at radius 1 is 1.12 bits per heavy atom. The van der Waals surface area contributed by atoms with Crippen LogP contribution in [-0.4, -0.2) is 42.0 Å². The number of aromatic hydroxyl groups is 1. The van der Waals surface area contributed by atoms with Gasteiger partial charge in [0.1, 0.15) is 5.75 Å². The van der Waals surface area contributed by atoms with E-state index in [0.29, 0.717) is 18.7 Å². The first-order valence-corrected chi connectivity index (χ1v) is 11.0. The van der Waals surface area contributed by atoms with E-state index in [1.54, 1.807) is 12.1 Å². The van der Waals surface area contributed by atoms with Crippen LogP contribution in [0.1, 0.15) is 61.7 Å². The number of hydrogen-bond acceptors (Lipinski definition) is 6. The van der Waals surface area contributed by atoms with E-state index in [0.717, 1.165) is 24.3 Å². The Kier molecular flexibility index (Phi) is 9.40. The number of ether oxygens (including phenoxy) is 2. The van der Waals surface area contributed by atoms with Crippen LogP contribution in [0.2, 0.25) is 0 Å². The number of nitrogens with one attached hydrogen (secondary N) is 2. The number of aliphatic hydroxyl groups excluding tert-OH is 1. The third-order valence-corrected chi connectivity index (χ3v) is 5.39. The van der Waals surface area contributed by atoms with Crippen LogP contribution in [0, 0.1) is 5.41 Å². The summed E-state index contributed by atoms with van der Waals surface area (Å²) in [6.07, 6.45) is 0.971. The number of carbonyl (C=O) groups excluding carboxylic acids is 1. The first-order chi connectivity index (χ1) is 15.1. The minimum atomic E-state index is -0.794. The number of fused-ring (bicyclic) bond motifs is 1. The van der Waals surface area contributed by atoms with Crippen LogP contribution in [0.5, 0.6) is 17.2 Å². The molecule has 2 unspecified atom stereocenters. The molecular weight excluding hydrogens is 444 g/mol. The summed E-state index contributed by atoms with van der Waals surface area (Å²) in [7, 11) is 0. The average molecular weight is 479 g/mol. The lowest BCUT2D eigenvalue weighted by molar-refractivity contribution is 0.0936. The Hall–Kier alpha value is -2.48. The van der Waals surface area contributed by atoms with Gasteiger partial charge in [0, 0.05) is 19.1 Å². The third kappa shape index (κ3) is 7.81. The summed E-state index contributed by atoms with van der Waals surface area (Å²) in [4.78, 5) is 12.5. The SMILES string of the molecule is CC(CCc1ccc2c(c1)OCO2)NCC(O)c1ccc(O)c(C(=O)NCC(C)(C)C)c1.Cl. The van der Waals surface area contributed by atoms with Crippen molar-refractivity contribution in [3.05, 3.63) is 53.1 Å². The molecular formula is C25H35ClN2O5. The lowest BCUT2D eigenvalue weighted by atomic mass is 9.96. The Bertz CT molecular complexity index is 945. The summed E-state index contributed by atoms with van der Waals surface area (Å²) in [5.74, 6) is 1.12. The molecule has 1 heterocycles. The van der Waals surface area contributed by atoms with Gasteiger partial charge in [-0.25, -0.2) is 0 Å². The first kappa shape index (κ1) is 26.8. The van der Waals surface area contributed by atoms with Crippen molar-refractivity contribution in [1.29, 1.82) is 0 Å². The van der Waals surface area contributed by atoms with Gasteiger partial charge in [-0.1, -0.05) is 32.9 Å². The number of halogens is 1. The molecule has 0 saturated heterocycles. The van der Waals surface area contributed by atoms with E-state index in [1.165, 1.54) is 11.6 Å². The maximum absolute atomic E-state index is 12.5. The molecule has 4 N–H and O–H groups in total. The molecule has 2 atom stereocenters. The molecule has 2 aromatic rings. The fraction of sp³-hybridized carbons (Fsp3) is 0.480. The zero-order valence-corrected chi connectivity index (χ0v) is 20.5. The molecule has 1 aliphatic rings. The fourth-order valence-electron chi connectivity index (χ4n) is 3.40. The molecule has 33 heavy (non-hydrogen) atoms. The lowest BCUT2D eigenvalue weighted by Crippen LogP contribution is -2.32. The summed E-state index contributed by atoms with van der Waals surface area (Å²) in [6.45, 7) is 9.23. The van der Waals surface area contributed by atoms with Crippen molar-refractivity contribution >= 4 is 18.3 Å². The Labute approximate surface area is 201 Å². The minimum Gasteiger partial charge on any atom is -0.507 e. The number of carbonyl (C=O) groups is 1. The smallest absolute Gasteiger partial charge is 0.255 e. The quantitative estimate of drug-likeness (QED) is 0.435. The van der Waals surface area contributed by atoms with Crippen molar-refractivity contribution in [2.45, 2.75) is 52.7 Å². The molecule has 182 valence electrons. The lowest BCUT2D eigenvalue weighted by Gasteiger charge is -2.20. The van der Waals surface area contributed by atoms with Crippen LogP contribution in [0.3, 0.4) is 0 Å². The van der Waals surface area contributed by atoms with Gasteiger partial charge in [0.2, 0.25) is 6.79 Å². The molecule has 3 rings (SSSR count). The highest BCUT2D eigenvalue weighted by molar-refractivity contribution is 5.97. The van der Waals surface area contributed by atoms with E-state index >= 15 is 0 Å². The zero-order chi connectivity index (χ0) is 23.3. The second-order valence-electron chi connectivity index (χ2n) is 9.57. The number of hydrogen-bond donors (Lipinski definition) is 4. The monoisotopic (exact) mass is 478 g/mol. The molecule has 0 fully saturated rings. The molecule has 0 spiro atoms. The van der Waals surface area contributed by atoms with Crippen molar-refractivity contribution in [2.75, 3.05) is 19.9 Å². The van der Waals surface area contributed by atoms with Gasteiger partial charge >= 0.3 is 0 Å². The Morgan fingerprint density at radius 2 is 1.85 bits per heavy atom. The van der Waals surface area contributed by atoms with Crippen molar-refractivity contribution in [3.8, 4) is 17.2 Å². The van der Waals surface area contributed by atoms with Gasteiger partial charge in [-0.15, -0.1) is 12.4 Å². The van der Waals surface area contributed by atoms with Gasteiger partial charge in [0.15, 0.2) is 11.5 Å². The average Bonchev–Trinajstić information content (AvgIpc) is 3.22. The van der Waals surface area contributed by atoms with Crippen LogP contribution in [0.25, 0.3) is 0 Å². The van der Waals surface area contributed by atoms with Gasteiger partial charge in [0.05, 0.1) is 11.7 Å². The second-order valence-corrected chi connectivity index (χ2v) is 9.57. The second kappa shape index (κ2) is 11.6. The number of aryl methyl sites for hydroxylation is 1. The molecule has 1 aliphatic heterocycles. The van der Waals surface area contributed by atoms with Gasteiger partial charge in [0.25, 0.3) is 5.91 Å². The van der Waals surface area contributed by atoms with E-state index in [-0.39, 0.29) is 47.9 Å². The number of phenolic OH excluding ortho intramolecular Hbond substituents is 1. The number of phenols is 1. The number of benzene rings is 2. The van der Waals surface area contributed by atoms with Crippen LogP contribution < -0.4 is 20.1 Å². The molecule has 0 aromatic heterocycles. The van der Waals surface area contributed by atoms with Crippen LogP contribution >= 0.6 is 12.4 Å². The predicted molar refractivity (Wildman–Crippen MR) is 130 cm³/mol. The van der Waals surface area contributed by atoms with Gasteiger partial charge in [-0.3, -0.25) is 4.79 Å². The fourth-order valence-corrected chi connectivity index (χ4v) is 3.40. The number of rotatable bonds is 9. The molecule has 0 saturated carbocycles. The molecule has 2 aromatic carbocycles.